The first-order chi connectivity index (χ1) is 12.8. The average Bonchev–Trinajstić information content (AvgIpc) is 2.63. The Morgan fingerprint density at radius 1 is 1.15 bits per heavy atom. The molecule has 0 aliphatic carbocycles. The molecule has 0 aliphatic rings. The van der Waals surface area contributed by atoms with Gasteiger partial charge in [-0.15, -0.1) is 0 Å². The van der Waals surface area contributed by atoms with Gasteiger partial charge in [-0.25, -0.2) is 4.39 Å². The first kappa shape index (κ1) is 20.6. The molecular formula is C19H22F3N2O3+. The van der Waals surface area contributed by atoms with Gasteiger partial charge in [0.2, 0.25) is 0 Å². The van der Waals surface area contributed by atoms with Crippen molar-refractivity contribution >= 4 is 11.6 Å². The predicted molar refractivity (Wildman–Crippen MR) is 94.7 cm³/mol. The maximum absolute atomic E-state index is 12.9. The number of benzene rings is 2. The first-order valence-corrected chi connectivity index (χ1v) is 8.30. The lowest BCUT2D eigenvalue weighted by molar-refractivity contribution is -0.907. The topological polar surface area (TPSA) is 52.0 Å². The summed E-state index contributed by atoms with van der Waals surface area (Å²) in [7, 11) is 3.21. The number of hydrogen-bond acceptors (Lipinski definition) is 3. The predicted octanol–water partition coefficient (Wildman–Crippen LogP) is 2.48. The number of alkyl halides is 2. The number of carbonyl (C=O) groups excluding carboxylic acids is 1. The van der Waals surface area contributed by atoms with Crippen molar-refractivity contribution in [2.24, 2.45) is 0 Å². The molecule has 0 aromatic heterocycles. The van der Waals surface area contributed by atoms with Crippen LogP contribution < -0.4 is 19.7 Å². The van der Waals surface area contributed by atoms with Crippen molar-refractivity contribution in [1.82, 2.24) is 0 Å². The fourth-order valence-corrected chi connectivity index (χ4v) is 2.50. The van der Waals surface area contributed by atoms with Crippen LogP contribution in [-0.4, -0.2) is 32.7 Å². The zero-order valence-corrected chi connectivity index (χ0v) is 15.3. The molecule has 2 rings (SSSR count). The number of hydrogen-bond donors (Lipinski definition) is 2. The lowest BCUT2D eigenvalue weighted by Gasteiger charge is -2.21. The highest BCUT2D eigenvalue weighted by molar-refractivity contribution is 5.93. The van der Waals surface area contributed by atoms with E-state index in [-0.39, 0.29) is 23.2 Å². The molecule has 0 saturated carbocycles. The van der Waals surface area contributed by atoms with E-state index in [2.05, 4.69) is 10.1 Å². The second-order valence-electron chi connectivity index (χ2n) is 6.10. The fourth-order valence-electron chi connectivity index (χ4n) is 2.50. The van der Waals surface area contributed by atoms with Crippen LogP contribution in [0.2, 0.25) is 0 Å². The zero-order chi connectivity index (χ0) is 20.0. The van der Waals surface area contributed by atoms with E-state index in [1.54, 1.807) is 19.1 Å². The van der Waals surface area contributed by atoms with Crippen LogP contribution in [0.1, 0.15) is 12.5 Å². The lowest BCUT2D eigenvalue weighted by Crippen LogP contribution is -3.12. The van der Waals surface area contributed by atoms with Crippen LogP contribution in [-0.2, 0) is 11.3 Å². The van der Waals surface area contributed by atoms with Crippen molar-refractivity contribution in [2.45, 2.75) is 26.1 Å². The molecular weight excluding hydrogens is 361 g/mol. The highest BCUT2D eigenvalue weighted by Crippen LogP contribution is 2.29. The molecule has 0 spiro atoms. The van der Waals surface area contributed by atoms with Crippen LogP contribution in [0.5, 0.6) is 11.5 Å². The maximum Gasteiger partial charge on any atom is 0.387 e. The molecule has 2 aromatic rings. The Bertz CT molecular complexity index is 769. The van der Waals surface area contributed by atoms with E-state index >= 15 is 0 Å². The van der Waals surface area contributed by atoms with E-state index in [0.717, 1.165) is 10.5 Å². The third-order valence-electron chi connectivity index (χ3n) is 4.17. The quantitative estimate of drug-likeness (QED) is 0.737. The van der Waals surface area contributed by atoms with Crippen molar-refractivity contribution in [2.75, 3.05) is 19.5 Å². The highest BCUT2D eigenvalue weighted by atomic mass is 19.3. The molecule has 8 heteroatoms. The van der Waals surface area contributed by atoms with Crippen LogP contribution in [0.25, 0.3) is 0 Å². The molecule has 146 valence electrons. The van der Waals surface area contributed by atoms with E-state index < -0.39 is 12.7 Å². The maximum atomic E-state index is 12.9. The summed E-state index contributed by atoms with van der Waals surface area (Å²) in [6.45, 7) is -0.712. The minimum atomic E-state index is -2.94. The van der Waals surface area contributed by atoms with Gasteiger partial charge in [-0.2, -0.15) is 8.78 Å². The van der Waals surface area contributed by atoms with Crippen molar-refractivity contribution < 1.29 is 32.3 Å². The van der Waals surface area contributed by atoms with Crippen LogP contribution in [0.15, 0.2) is 42.5 Å². The zero-order valence-electron chi connectivity index (χ0n) is 15.3. The average molecular weight is 383 g/mol. The molecule has 0 bridgehead atoms. The summed E-state index contributed by atoms with van der Waals surface area (Å²) in [5.41, 5.74) is 1.31. The summed E-state index contributed by atoms with van der Waals surface area (Å²) in [6.07, 6.45) is 0. The summed E-state index contributed by atoms with van der Waals surface area (Å²) in [4.78, 5) is 13.2. The second-order valence-corrected chi connectivity index (χ2v) is 6.10. The summed E-state index contributed by atoms with van der Waals surface area (Å²) < 4.78 is 47.2. The van der Waals surface area contributed by atoms with Gasteiger partial charge >= 0.3 is 6.61 Å². The summed E-state index contributed by atoms with van der Waals surface area (Å²) in [5.74, 6) is -0.444. The standard InChI is InChI=1S/C19H21F3N2O3/c1-12(18(25)23-15-7-5-14(20)6-8-15)24(2)11-13-4-9-16(27-19(21)22)17(10-13)26-3/h4-10,12,19H,11H2,1-3H3,(H,23,25)/p+1/t12-/m0/s1. The van der Waals surface area contributed by atoms with Gasteiger partial charge in [-0.1, -0.05) is 0 Å². The number of rotatable bonds is 8. The number of quaternary nitrogens is 1. The van der Waals surface area contributed by atoms with E-state index in [4.69, 9.17) is 4.74 Å². The van der Waals surface area contributed by atoms with Gasteiger partial charge in [0.25, 0.3) is 5.91 Å². The molecule has 0 aliphatic heterocycles. The highest BCUT2D eigenvalue weighted by Gasteiger charge is 2.22. The molecule has 0 saturated heterocycles. The molecule has 2 atom stereocenters. The third kappa shape index (κ3) is 5.89. The van der Waals surface area contributed by atoms with Gasteiger partial charge in [-0.05, 0) is 49.4 Å². The van der Waals surface area contributed by atoms with E-state index in [1.165, 1.54) is 37.4 Å². The SMILES string of the molecule is COc1cc(C[NH+](C)[C@@H](C)C(=O)Nc2ccc(F)cc2)ccc1OC(F)F. The first-order valence-electron chi connectivity index (χ1n) is 8.30. The van der Waals surface area contributed by atoms with E-state index in [0.29, 0.717) is 12.2 Å². The molecule has 0 radical (unpaired) electrons. The number of amides is 1. The normalized spacial score (nSPS) is 13.1. The number of carbonyl (C=O) groups is 1. The van der Waals surface area contributed by atoms with Crippen molar-refractivity contribution in [3.63, 3.8) is 0 Å². The number of nitrogens with one attached hydrogen (secondary N) is 2. The van der Waals surface area contributed by atoms with Crippen molar-refractivity contribution in [3.8, 4) is 11.5 Å². The minimum Gasteiger partial charge on any atom is -0.493 e. The Morgan fingerprint density at radius 2 is 1.81 bits per heavy atom. The summed E-state index contributed by atoms with van der Waals surface area (Å²) >= 11 is 0. The Kier molecular flexibility index (Phi) is 7.06. The molecule has 5 nitrogen and oxygen atoms in total. The number of ether oxygens (including phenoxy) is 2. The fraction of sp³-hybridized carbons (Fsp3) is 0.316. The third-order valence-corrected chi connectivity index (χ3v) is 4.17. The Balaban J connectivity index is 2.01. The molecule has 1 amide bonds. The lowest BCUT2D eigenvalue weighted by atomic mass is 10.1. The van der Waals surface area contributed by atoms with Gasteiger partial charge in [-0.3, -0.25) is 4.79 Å². The van der Waals surface area contributed by atoms with Gasteiger partial charge in [0.1, 0.15) is 12.4 Å². The number of methoxy groups -OCH3 is 1. The van der Waals surface area contributed by atoms with Gasteiger partial charge in [0, 0.05) is 11.3 Å². The molecule has 0 heterocycles. The summed E-state index contributed by atoms with van der Waals surface area (Å²) in [6, 6.07) is 9.78. The smallest absolute Gasteiger partial charge is 0.387 e. The van der Waals surface area contributed by atoms with Crippen LogP contribution in [0.4, 0.5) is 18.9 Å². The number of anilines is 1. The largest absolute Gasteiger partial charge is 0.493 e. The molecule has 1 unspecified atom stereocenters. The van der Waals surface area contributed by atoms with Crippen LogP contribution >= 0.6 is 0 Å². The Hall–Kier alpha value is -2.74. The number of halogens is 3. The second kappa shape index (κ2) is 9.27. The number of likely N-dealkylation sites (N-methyl/N-ethyl adjacent to an activating group) is 1. The monoisotopic (exact) mass is 383 g/mol. The minimum absolute atomic E-state index is 0.0454. The molecule has 2 aromatic carbocycles. The Labute approximate surface area is 155 Å². The Morgan fingerprint density at radius 3 is 2.41 bits per heavy atom. The van der Waals surface area contributed by atoms with Crippen LogP contribution in [0.3, 0.4) is 0 Å². The van der Waals surface area contributed by atoms with Gasteiger partial charge in [0.15, 0.2) is 17.5 Å². The molecule has 0 fully saturated rings. The van der Waals surface area contributed by atoms with Gasteiger partial charge < -0.3 is 19.7 Å². The molecule has 27 heavy (non-hydrogen) atoms. The van der Waals surface area contributed by atoms with Gasteiger partial charge in [0.05, 0.1) is 14.2 Å². The molecule has 2 N–H and O–H groups in total. The van der Waals surface area contributed by atoms with Crippen molar-refractivity contribution in [3.05, 3.63) is 53.8 Å². The summed E-state index contributed by atoms with van der Waals surface area (Å²) in [5, 5.41) is 2.73. The van der Waals surface area contributed by atoms with Crippen LogP contribution in [0, 0.1) is 5.82 Å². The van der Waals surface area contributed by atoms with E-state index in [1.807, 2.05) is 7.05 Å². The van der Waals surface area contributed by atoms with E-state index in [9.17, 15) is 18.0 Å². The van der Waals surface area contributed by atoms with Crippen molar-refractivity contribution in [1.29, 1.82) is 0 Å².